The fraction of sp³-hybridized carbons (Fsp3) is 0.643. The molecule has 28 heavy (non-hydrogen) atoms. The highest BCUT2D eigenvalue weighted by molar-refractivity contribution is 5.94. The van der Waals surface area contributed by atoms with Gasteiger partial charge in [-0.25, -0.2) is 4.79 Å². The van der Waals surface area contributed by atoms with Crippen LogP contribution in [-0.2, 0) is 24.0 Å². The minimum atomic E-state index is -1.66. The molecule has 4 amide bonds. The van der Waals surface area contributed by atoms with Gasteiger partial charge in [0.15, 0.2) is 0 Å². The fourth-order valence-corrected chi connectivity index (χ4v) is 1.83. The van der Waals surface area contributed by atoms with Gasteiger partial charge in [0.1, 0.15) is 18.1 Å². The quantitative estimate of drug-likeness (QED) is 0.140. The van der Waals surface area contributed by atoms with Crippen LogP contribution in [0.5, 0.6) is 0 Å². The van der Waals surface area contributed by atoms with Gasteiger partial charge < -0.3 is 47.8 Å². The Morgan fingerprint density at radius 1 is 0.750 bits per heavy atom. The summed E-state index contributed by atoms with van der Waals surface area (Å²) in [6, 6.07) is -6.00. The van der Waals surface area contributed by atoms with Gasteiger partial charge in [-0.15, -0.1) is 0 Å². The first kappa shape index (κ1) is 25.2. The van der Waals surface area contributed by atoms with E-state index >= 15 is 0 Å². The molecule has 4 atom stereocenters. The SMILES string of the molecule is NC(=O)CCC(N)C(=O)NC(CO)C(=O)NC(CO)C(=O)NC(CO)C(=O)O. The monoisotopic (exact) mass is 407 g/mol. The van der Waals surface area contributed by atoms with Gasteiger partial charge in [-0.3, -0.25) is 19.2 Å². The van der Waals surface area contributed by atoms with Gasteiger partial charge >= 0.3 is 5.97 Å². The summed E-state index contributed by atoms with van der Waals surface area (Å²) in [5, 5.41) is 42.1. The number of rotatable bonds is 13. The van der Waals surface area contributed by atoms with E-state index in [1.807, 2.05) is 10.6 Å². The number of carbonyl (C=O) groups is 5. The summed E-state index contributed by atoms with van der Waals surface area (Å²) in [5.41, 5.74) is 10.5. The minimum Gasteiger partial charge on any atom is -0.480 e. The molecule has 160 valence electrons. The zero-order valence-electron chi connectivity index (χ0n) is 14.8. The van der Waals surface area contributed by atoms with Crippen molar-refractivity contribution < 1.29 is 44.4 Å². The van der Waals surface area contributed by atoms with E-state index < -0.39 is 73.6 Å². The summed E-state index contributed by atoms with van der Waals surface area (Å²) >= 11 is 0. The fourth-order valence-electron chi connectivity index (χ4n) is 1.83. The first-order chi connectivity index (χ1) is 13.1. The molecule has 0 aromatic rings. The van der Waals surface area contributed by atoms with E-state index in [2.05, 4.69) is 5.32 Å². The van der Waals surface area contributed by atoms with Crippen LogP contribution >= 0.6 is 0 Å². The zero-order chi connectivity index (χ0) is 21.9. The van der Waals surface area contributed by atoms with E-state index in [1.165, 1.54) is 0 Å². The molecule has 0 bridgehead atoms. The number of nitrogens with two attached hydrogens (primary N) is 2. The van der Waals surface area contributed by atoms with Crippen LogP contribution in [0.25, 0.3) is 0 Å². The molecule has 11 N–H and O–H groups in total. The second-order valence-corrected chi connectivity index (χ2v) is 5.68. The van der Waals surface area contributed by atoms with E-state index in [0.29, 0.717) is 0 Å². The van der Waals surface area contributed by atoms with Gasteiger partial charge in [0.25, 0.3) is 0 Å². The third-order valence-electron chi connectivity index (χ3n) is 3.47. The average Bonchev–Trinajstić information content (AvgIpc) is 2.65. The van der Waals surface area contributed by atoms with Crippen LogP contribution in [0.1, 0.15) is 12.8 Å². The molecule has 0 saturated carbocycles. The van der Waals surface area contributed by atoms with Crippen molar-refractivity contribution in [1.29, 1.82) is 0 Å². The molecule has 0 aliphatic carbocycles. The Morgan fingerprint density at radius 2 is 1.14 bits per heavy atom. The molecule has 14 heteroatoms. The van der Waals surface area contributed by atoms with Crippen LogP contribution in [0, 0.1) is 0 Å². The molecule has 0 saturated heterocycles. The lowest BCUT2D eigenvalue weighted by molar-refractivity contribution is -0.143. The minimum absolute atomic E-state index is 0.0969. The molecule has 0 aromatic carbocycles. The number of amides is 4. The standard InChI is InChI=1S/C14H25N5O9/c15-6(1-2-10(16)23)11(24)17-7(3-20)12(25)18-8(4-21)13(26)19-9(5-22)14(27)28/h6-9,20-22H,1-5,15H2,(H2,16,23)(H,17,24)(H,18,25)(H,19,26)(H,27,28). The summed E-state index contributed by atoms with van der Waals surface area (Å²) in [5.74, 6) is -5.27. The van der Waals surface area contributed by atoms with E-state index in [1.54, 1.807) is 0 Å². The summed E-state index contributed by atoms with van der Waals surface area (Å²) in [6.07, 6.45) is -0.271. The number of carboxylic acid groups (broad SMARTS) is 1. The normalized spacial score (nSPS) is 14.9. The van der Waals surface area contributed by atoms with Crippen LogP contribution in [0.4, 0.5) is 0 Å². The number of hydrogen-bond donors (Lipinski definition) is 9. The summed E-state index contributed by atoms with van der Waals surface area (Å²) in [7, 11) is 0. The lowest BCUT2D eigenvalue weighted by atomic mass is 10.1. The van der Waals surface area contributed by atoms with Crippen molar-refractivity contribution >= 4 is 29.6 Å². The molecule has 0 rings (SSSR count). The topological polar surface area (TPSA) is 254 Å². The smallest absolute Gasteiger partial charge is 0.328 e. The molecule has 0 spiro atoms. The number of carboxylic acids is 1. The van der Waals surface area contributed by atoms with Crippen molar-refractivity contribution in [2.75, 3.05) is 19.8 Å². The van der Waals surface area contributed by atoms with Gasteiger partial charge in [0.05, 0.1) is 25.9 Å². The van der Waals surface area contributed by atoms with Gasteiger partial charge in [-0.1, -0.05) is 0 Å². The van der Waals surface area contributed by atoms with Crippen molar-refractivity contribution in [3.63, 3.8) is 0 Å². The Hall–Kier alpha value is -2.81. The Bertz CT molecular complexity index is 586. The third-order valence-corrected chi connectivity index (χ3v) is 3.47. The Labute approximate surface area is 159 Å². The molecule has 14 nitrogen and oxygen atoms in total. The number of aliphatic hydroxyl groups excluding tert-OH is 3. The maximum atomic E-state index is 12.1. The average molecular weight is 407 g/mol. The molecular weight excluding hydrogens is 382 g/mol. The van der Waals surface area contributed by atoms with Crippen LogP contribution < -0.4 is 27.4 Å². The maximum absolute atomic E-state index is 12.1. The number of hydrogen-bond acceptors (Lipinski definition) is 9. The molecule has 0 aliphatic rings. The van der Waals surface area contributed by atoms with Gasteiger partial charge in [0.2, 0.25) is 23.6 Å². The first-order valence-corrected chi connectivity index (χ1v) is 8.07. The predicted octanol–water partition coefficient (Wildman–Crippen LogP) is -5.90. The lowest BCUT2D eigenvalue weighted by Gasteiger charge is -2.23. The van der Waals surface area contributed by atoms with Crippen molar-refractivity contribution in [3.8, 4) is 0 Å². The third kappa shape index (κ3) is 8.72. The Balaban J connectivity index is 4.86. The molecule has 0 radical (unpaired) electrons. The van der Waals surface area contributed by atoms with Crippen molar-refractivity contribution in [1.82, 2.24) is 16.0 Å². The van der Waals surface area contributed by atoms with Crippen LogP contribution in [0.3, 0.4) is 0 Å². The van der Waals surface area contributed by atoms with E-state index in [0.717, 1.165) is 0 Å². The number of carbonyl (C=O) groups excluding carboxylic acids is 4. The zero-order valence-corrected chi connectivity index (χ0v) is 14.8. The van der Waals surface area contributed by atoms with Gasteiger partial charge in [-0.2, -0.15) is 0 Å². The van der Waals surface area contributed by atoms with Crippen molar-refractivity contribution in [2.24, 2.45) is 11.5 Å². The highest BCUT2D eigenvalue weighted by atomic mass is 16.4. The molecule has 0 aliphatic heterocycles. The van der Waals surface area contributed by atoms with Crippen LogP contribution in [0.15, 0.2) is 0 Å². The van der Waals surface area contributed by atoms with Crippen LogP contribution in [0.2, 0.25) is 0 Å². The second-order valence-electron chi connectivity index (χ2n) is 5.68. The molecule has 0 heterocycles. The number of aliphatic carboxylic acids is 1. The lowest BCUT2D eigenvalue weighted by Crippen LogP contribution is -2.59. The number of nitrogens with one attached hydrogen (secondary N) is 3. The molecular formula is C14H25N5O9. The molecule has 0 aromatic heterocycles. The van der Waals surface area contributed by atoms with Crippen molar-refractivity contribution in [3.05, 3.63) is 0 Å². The van der Waals surface area contributed by atoms with Crippen molar-refractivity contribution in [2.45, 2.75) is 37.0 Å². The molecule has 4 unspecified atom stereocenters. The van der Waals surface area contributed by atoms with Gasteiger partial charge in [0, 0.05) is 6.42 Å². The highest BCUT2D eigenvalue weighted by Crippen LogP contribution is 1.96. The Kier molecular flexibility index (Phi) is 11.3. The van der Waals surface area contributed by atoms with E-state index in [4.69, 9.17) is 21.7 Å². The molecule has 0 fully saturated rings. The number of primary amides is 1. The first-order valence-electron chi connectivity index (χ1n) is 8.07. The Morgan fingerprint density at radius 3 is 1.50 bits per heavy atom. The maximum Gasteiger partial charge on any atom is 0.328 e. The summed E-state index contributed by atoms with van der Waals surface area (Å²) in [6.45, 7) is -2.74. The summed E-state index contributed by atoms with van der Waals surface area (Å²) in [4.78, 5) is 57.4. The van der Waals surface area contributed by atoms with Gasteiger partial charge in [-0.05, 0) is 6.42 Å². The summed E-state index contributed by atoms with van der Waals surface area (Å²) < 4.78 is 0. The second kappa shape index (κ2) is 12.6. The van der Waals surface area contributed by atoms with E-state index in [-0.39, 0.29) is 12.8 Å². The van der Waals surface area contributed by atoms with E-state index in [9.17, 15) is 34.2 Å². The van der Waals surface area contributed by atoms with Crippen LogP contribution in [-0.4, -0.2) is 94.0 Å². The number of aliphatic hydroxyl groups is 3. The largest absolute Gasteiger partial charge is 0.480 e. The highest BCUT2D eigenvalue weighted by Gasteiger charge is 2.29. The predicted molar refractivity (Wildman–Crippen MR) is 91.1 cm³/mol.